The van der Waals surface area contributed by atoms with Crippen LogP contribution in [-0.4, -0.2) is 42.7 Å². The summed E-state index contributed by atoms with van der Waals surface area (Å²) in [6.07, 6.45) is 3.68. The van der Waals surface area contributed by atoms with Gasteiger partial charge in [0.1, 0.15) is 5.58 Å². The second-order valence-electron chi connectivity index (χ2n) is 6.84. The van der Waals surface area contributed by atoms with E-state index in [1.165, 1.54) is 0 Å². The van der Waals surface area contributed by atoms with Crippen LogP contribution in [0.4, 0.5) is 5.69 Å². The Balaban J connectivity index is 1.59. The third-order valence-corrected chi connectivity index (χ3v) is 5.14. The predicted octanol–water partition coefficient (Wildman–Crippen LogP) is 2.53. The Morgan fingerprint density at radius 3 is 2.86 bits per heavy atom. The number of benzene rings is 1. The molecular weight excluding hydrogens is 356 g/mol. The molecule has 4 aromatic rings. The van der Waals surface area contributed by atoms with Gasteiger partial charge in [-0.3, -0.25) is 0 Å². The third-order valence-electron chi connectivity index (χ3n) is 5.14. The summed E-state index contributed by atoms with van der Waals surface area (Å²) in [4.78, 5) is 19.5. The van der Waals surface area contributed by atoms with Crippen molar-refractivity contribution in [3.63, 3.8) is 0 Å². The van der Waals surface area contributed by atoms with Gasteiger partial charge in [-0.1, -0.05) is 0 Å². The van der Waals surface area contributed by atoms with E-state index in [0.29, 0.717) is 28.2 Å². The van der Waals surface area contributed by atoms with Gasteiger partial charge in [0.15, 0.2) is 11.4 Å². The normalized spacial score (nSPS) is 14.7. The number of methoxy groups -OCH3 is 1. The number of imidazole rings is 1. The van der Waals surface area contributed by atoms with Crippen molar-refractivity contribution < 1.29 is 9.15 Å². The molecule has 4 heterocycles. The van der Waals surface area contributed by atoms with Crippen molar-refractivity contribution in [2.75, 3.05) is 38.2 Å². The fourth-order valence-corrected chi connectivity index (χ4v) is 3.67. The molecule has 7 nitrogen and oxygen atoms in total. The number of pyridine rings is 1. The van der Waals surface area contributed by atoms with Gasteiger partial charge in [0.05, 0.1) is 18.4 Å². The average Bonchev–Trinajstić information content (AvgIpc) is 3.17. The summed E-state index contributed by atoms with van der Waals surface area (Å²) >= 11 is 0. The molecule has 0 unspecified atom stereocenters. The zero-order valence-corrected chi connectivity index (χ0v) is 15.5. The molecule has 0 amide bonds. The van der Waals surface area contributed by atoms with E-state index in [1.807, 2.05) is 47.1 Å². The maximum Gasteiger partial charge on any atom is 0.345 e. The molecule has 1 saturated heterocycles. The third kappa shape index (κ3) is 2.80. The highest BCUT2D eigenvalue weighted by atomic mass is 16.5. The van der Waals surface area contributed by atoms with Crippen molar-refractivity contribution in [3.05, 3.63) is 59.2 Å². The number of ether oxygens (including phenoxy) is 1. The van der Waals surface area contributed by atoms with Crippen LogP contribution in [0.2, 0.25) is 0 Å². The van der Waals surface area contributed by atoms with Crippen molar-refractivity contribution in [1.29, 1.82) is 0 Å². The largest absolute Gasteiger partial charge is 0.493 e. The van der Waals surface area contributed by atoms with Gasteiger partial charge < -0.3 is 23.8 Å². The molecule has 3 aromatic heterocycles. The molecule has 0 saturated carbocycles. The topological polar surface area (TPSA) is 72.0 Å². The smallest absolute Gasteiger partial charge is 0.345 e. The van der Waals surface area contributed by atoms with E-state index in [1.54, 1.807) is 7.11 Å². The fourth-order valence-electron chi connectivity index (χ4n) is 3.67. The summed E-state index contributed by atoms with van der Waals surface area (Å²) < 4.78 is 12.8. The molecule has 142 valence electrons. The van der Waals surface area contributed by atoms with E-state index in [2.05, 4.69) is 21.3 Å². The molecular formula is C21H20N4O3. The molecule has 0 radical (unpaired) electrons. The van der Waals surface area contributed by atoms with E-state index in [0.717, 1.165) is 37.3 Å². The molecule has 1 fully saturated rings. The van der Waals surface area contributed by atoms with Crippen LogP contribution in [0.15, 0.2) is 58.0 Å². The Bertz CT molecular complexity index is 1220. The Hall–Kier alpha value is -3.32. The van der Waals surface area contributed by atoms with Crippen LogP contribution < -0.4 is 20.6 Å². The summed E-state index contributed by atoms with van der Waals surface area (Å²) in [5, 5.41) is 4.22. The lowest BCUT2D eigenvalue weighted by atomic mass is 10.1. The maximum absolute atomic E-state index is 12.7. The minimum absolute atomic E-state index is 0.396. The summed E-state index contributed by atoms with van der Waals surface area (Å²) in [6, 6.07) is 11.6. The number of fused-ring (bicyclic) bond motifs is 2. The Kier molecular flexibility index (Phi) is 4.02. The first-order valence-electron chi connectivity index (χ1n) is 9.28. The zero-order chi connectivity index (χ0) is 19.1. The second-order valence-corrected chi connectivity index (χ2v) is 6.84. The highest BCUT2D eigenvalue weighted by Gasteiger charge is 2.15. The number of nitrogens with one attached hydrogen (secondary N) is 1. The summed E-state index contributed by atoms with van der Waals surface area (Å²) in [5.41, 5.74) is 2.92. The van der Waals surface area contributed by atoms with Gasteiger partial charge in [-0.15, -0.1) is 0 Å². The lowest BCUT2D eigenvalue weighted by Crippen LogP contribution is -2.43. The van der Waals surface area contributed by atoms with Crippen LogP contribution in [0.25, 0.3) is 27.9 Å². The Morgan fingerprint density at radius 1 is 1.18 bits per heavy atom. The minimum Gasteiger partial charge on any atom is -0.493 e. The van der Waals surface area contributed by atoms with Crippen molar-refractivity contribution in [2.24, 2.45) is 0 Å². The first-order chi connectivity index (χ1) is 13.7. The van der Waals surface area contributed by atoms with Gasteiger partial charge in [0.2, 0.25) is 0 Å². The molecule has 1 aromatic carbocycles. The average molecular weight is 376 g/mol. The number of hydrogen-bond acceptors (Lipinski definition) is 6. The first-order valence-corrected chi connectivity index (χ1v) is 9.28. The van der Waals surface area contributed by atoms with Crippen LogP contribution in [0.1, 0.15) is 0 Å². The zero-order valence-electron chi connectivity index (χ0n) is 15.5. The molecule has 0 spiro atoms. The van der Waals surface area contributed by atoms with Crippen molar-refractivity contribution >= 4 is 22.3 Å². The van der Waals surface area contributed by atoms with Crippen LogP contribution >= 0.6 is 0 Å². The molecule has 0 aliphatic carbocycles. The van der Waals surface area contributed by atoms with Gasteiger partial charge in [0.25, 0.3) is 0 Å². The molecule has 28 heavy (non-hydrogen) atoms. The monoisotopic (exact) mass is 376 g/mol. The van der Waals surface area contributed by atoms with Crippen molar-refractivity contribution in [3.8, 4) is 17.0 Å². The van der Waals surface area contributed by atoms with Crippen LogP contribution in [0.5, 0.6) is 5.75 Å². The van der Waals surface area contributed by atoms with Crippen molar-refractivity contribution in [1.82, 2.24) is 14.7 Å². The SMILES string of the molecule is COc1cccn2cc(-c3cc4ccc(N5CCNCC5)cc4oc3=O)nc12. The number of piperazine rings is 1. The van der Waals surface area contributed by atoms with Gasteiger partial charge in [-0.05, 0) is 30.3 Å². The van der Waals surface area contributed by atoms with Gasteiger partial charge in [-0.25, -0.2) is 9.78 Å². The highest BCUT2D eigenvalue weighted by molar-refractivity contribution is 5.84. The van der Waals surface area contributed by atoms with E-state index >= 15 is 0 Å². The molecule has 1 aliphatic rings. The minimum atomic E-state index is -0.396. The van der Waals surface area contributed by atoms with Gasteiger partial charge in [-0.2, -0.15) is 0 Å². The highest BCUT2D eigenvalue weighted by Crippen LogP contribution is 2.27. The summed E-state index contributed by atoms with van der Waals surface area (Å²) in [5.74, 6) is 0.652. The number of hydrogen-bond donors (Lipinski definition) is 1. The van der Waals surface area contributed by atoms with Crippen LogP contribution in [0.3, 0.4) is 0 Å². The number of nitrogens with zero attached hydrogens (tertiary/aromatic N) is 3. The van der Waals surface area contributed by atoms with Crippen molar-refractivity contribution in [2.45, 2.75) is 0 Å². The fraction of sp³-hybridized carbons (Fsp3) is 0.238. The second kappa shape index (κ2) is 6.69. The molecule has 1 N–H and O–H groups in total. The Morgan fingerprint density at radius 2 is 2.04 bits per heavy atom. The predicted molar refractivity (Wildman–Crippen MR) is 108 cm³/mol. The van der Waals surface area contributed by atoms with Gasteiger partial charge in [0, 0.05) is 55.7 Å². The lowest BCUT2D eigenvalue weighted by Gasteiger charge is -2.29. The Labute approximate surface area is 161 Å². The molecule has 0 bridgehead atoms. The molecule has 0 atom stereocenters. The van der Waals surface area contributed by atoms with Crippen LogP contribution in [0, 0.1) is 0 Å². The number of aromatic nitrogens is 2. The summed E-state index contributed by atoms with van der Waals surface area (Å²) in [6.45, 7) is 3.80. The van der Waals surface area contributed by atoms with Crippen LogP contribution in [-0.2, 0) is 0 Å². The number of anilines is 1. The van der Waals surface area contributed by atoms with Gasteiger partial charge >= 0.3 is 5.63 Å². The summed E-state index contributed by atoms with van der Waals surface area (Å²) in [7, 11) is 1.60. The lowest BCUT2D eigenvalue weighted by molar-refractivity contribution is 0.417. The quantitative estimate of drug-likeness (QED) is 0.554. The van der Waals surface area contributed by atoms with E-state index in [9.17, 15) is 4.79 Å². The number of rotatable bonds is 3. The molecule has 5 rings (SSSR count). The standard InChI is InChI=1S/C21H20N4O3/c1-27-18-3-2-8-25-13-17(23-20(18)25)16-11-14-4-5-15(12-19(14)28-21(16)26)24-9-6-22-7-10-24/h2-5,8,11-13,22H,6-7,9-10H2,1H3. The van der Waals surface area contributed by atoms with E-state index in [4.69, 9.17) is 9.15 Å². The maximum atomic E-state index is 12.7. The molecule has 1 aliphatic heterocycles. The first kappa shape index (κ1) is 16.8. The molecule has 7 heteroatoms. The van der Waals surface area contributed by atoms with E-state index in [-0.39, 0.29) is 0 Å². The van der Waals surface area contributed by atoms with E-state index < -0.39 is 5.63 Å².